The SMILES string of the molecule is COc1cc(-c2ccc(C(F)(F)F)cc2)c(F)cc1-n1c2c(ccc1=O)CN(S(=O)(=O)Nc1cccnn1)CC2. The summed E-state index contributed by atoms with van der Waals surface area (Å²) in [7, 11) is -2.68. The van der Waals surface area contributed by atoms with E-state index in [9.17, 15) is 26.4 Å². The van der Waals surface area contributed by atoms with Gasteiger partial charge in [0, 0.05) is 49.1 Å². The van der Waals surface area contributed by atoms with Crippen LogP contribution in [0.15, 0.2) is 71.7 Å². The van der Waals surface area contributed by atoms with E-state index in [-0.39, 0.29) is 47.9 Å². The third-order valence-corrected chi connectivity index (χ3v) is 7.87. The number of rotatable bonds is 6. The summed E-state index contributed by atoms with van der Waals surface area (Å²) in [5, 5.41) is 7.37. The van der Waals surface area contributed by atoms with Crippen molar-refractivity contribution in [2.24, 2.45) is 0 Å². The minimum absolute atomic E-state index is 0.0143. The van der Waals surface area contributed by atoms with Gasteiger partial charge in [0.05, 0.1) is 18.4 Å². The molecule has 1 aliphatic heterocycles. The van der Waals surface area contributed by atoms with E-state index in [0.717, 1.165) is 30.3 Å². The molecule has 9 nitrogen and oxygen atoms in total. The standard InChI is InChI=1S/C26H21F4N5O4S/c1-39-23-13-19(16-4-7-18(8-5-16)26(28,29)30)20(27)14-22(23)35-21-10-12-34(15-17(21)6-9-25(35)36)40(37,38)33-24-3-2-11-31-32-24/h2-9,11,13-14H,10,12,15H2,1H3,(H,32,33). The van der Waals surface area contributed by atoms with Gasteiger partial charge in [-0.3, -0.25) is 14.1 Å². The Bertz CT molecular complexity index is 1730. The van der Waals surface area contributed by atoms with Crippen molar-refractivity contribution < 1.29 is 30.7 Å². The van der Waals surface area contributed by atoms with Crippen molar-refractivity contribution in [3.63, 3.8) is 0 Å². The van der Waals surface area contributed by atoms with Crippen LogP contribution in [0, 0.1) is 5.82 Å². The lowest BCUT2D eigenvalue weighted by Crippen LogP contribution is -2.41. The largest absolute Gasteiger partial charge is 0.495 e. The van der Waals surface area contributed by atoms with Crippen LogP contribution in [0.5, 0.6) is 5.75 Å². The number of nitrogens with one attached hydrogen (secondary N) is 1. The van der Waals surface area contributed by atoms with E-state index in [2.05, 4.69) is 14.9 Å². The molecule has 1 N–H and O–H groups in total. The Morgan fingerprint density at radius 3 is 2.45 bits per heavy atom. The van der Waals surface area contributed by atoms with Gasteiger partial charge in [0.25, 0.3) is 5.56 Å². The number of hydrogen-bond acceptors (Lipinski definition) is 6. The lowest BCUT2D eigenvalue weighted by molar-refractivity contribution is -0.137. The van der Waals surface area contributed by atoms with Crippen LogP contribution in [-0.4, -0.2) is 41.1 Å². The number of alkyl halides is 3. The molecule has 0 bridgehead atoms. The van der Waals surface area contributed by atoms with Gasteiger partial charge in [-0.1, -0.05) is 18.2 Å². The first kappa shape index (κ1) is 27.3. The Balaban J connectivity index is 1.50. The van der Waals surface area contributed by atoms with Crippen molar-refractivity contribution in [2.75, 3.05) is 18.4 Å². The second-order valence-corrected chi connectivity index (χ2v) is 10.5. The molecule has 2 aromatic carbocycles. The fourth-order valence-electron chi connectivity index (χ4n) is 4.50. The number of nitrogens with zero attached hydrogens (tertiary/aromatic N) is 4. The summed E-state index contributed by atoms with van der Waals surface area (Å²) in [5.41, 5.74) is -0.123. The van der Waals surface area contributed by atoms with Crippen LogP contribution in [-0.2, 0) is 29.4 Å². The van der Waals surface area contributed by atoms with Crippen LogP contribution in [0.1, 0.15) is 16.8 Å². The summed E-state index contributed by atoms with van der Waals surface area (Å²) in [4.78, 5) is 13.0. The van der Waals surface area contributed by atoms with Gasteiger partial charge >= 0.3 is 16.4 Å². The number of ether oxygens (including phenoxy) is 1. The molecule has 4 aromatic rings. The Hall–Kier alpha value is -4.30. The molecule has 14 heteroatoms. The van der Waals surface area contributed by atoms with E-state index < -0.39 is 33.3 Å². The minimum Gasteiger partial charge on any atom is -0.495 e. The topological polar surface area (TPSA) is 106 Å². The summed E-state index contributed by atoms with van der Waals surface area (Å²) in [6.45, 7) is -0.0554. The first-order valence-corrected chi connectivity index (χ1v) is 13.3. The number of fused-ring (bicyclic) bond motifs is 1. The number of aromatic nitrogens is 3. The predicted molar refractivity (Wildman–Crippen MR) is 138 cm³/mol. The smallest absolute Gasteiger partial charge is 0.416 e. The monoisotopic (exact) mass is 575 g/mol. The number of pyridine rings is 1. The summed E-state index contributed by atoms with van der Waals surface area (Å²) in [5.74, 6) is -0.633. The normalized spacial score (nSPS) is 14.0. The maximum Gasteiger partial charge on any atom is 0.416 e. The third kappa shape index (κ3) is 5.27. The maximum atomic E-state index is 15.4. The lowest BCUT2D eigenvalue weighted by atomic mass is 10.0. The quantitative estimate of drug-likeness (QED) is 0.346. The van der Waals surface area contributed by atoms with Crippen molar-refractivity contribution in [1.82, 2.24) is 19.1 Å². The van der Waals surface area contributed by atoms with Gasteiger partial charge in [-0.2, -0.15) is 31.0 Å². The number of benzene rings is 2. The highest BCUT2D eigenvalue weighted by atomic mass is 32.2. The highest BCUT2D eigenvalue weighted by Gasteiger charge is 2.31. The Labute approximate surface area is 225 Å². The summed E-state index contributed by atoms with van der Waals surface area (Å²) in [6.07, 6.45) is -3.01. The molecule has 2 aromatic heterocycles. The number of hydrogen-bond donors (Lipinski definition) is 1. The third-order valence-electron chi connectivity index (χ3n) is 6.41. The molecular formula is C26H21F4N5O4S. The molecule has 208 valence electrons. The zero-order valence-corrected chi connectivity index (χ0v) is 21.6. The number of methoxy groups -OCH3 is 1. The van der Waals surface area contributed by atoms with Gasteiger partial charge in [0.1, 0.15) is 11.6 Å². The predicted octanol–water partition coefficient (Wildman–Crippen LogP) is 4.18. The molecule has 0 unspecified atom stereocenters. The van der Waals surface area contributed by atoms with E-state index in [1.807, 2.05) is 0 Å². The fraction of sp³-hybridized carbons (Fsp3) is 0.192. The average molecular weight is 576 g/mol. The summed E-state index contributed by atoms with van der Waals surface area (Å²) >= 11 is 0. The number of anilines is 1. The second-order valence-electron chi connectivity index (χ2n) is 8.86. The molecule has 0 amide bonds. The van der Waals surface area contributed by atoms with Crippen LogP contribution in [0.25, 0.3) is 16.8 Å². The van der Waals surface area contributed by atoms with Gasteiger partial charge in [-0.05, 0) is 41.5 Å². The number of halogens is 4. The second kappa shape index (κ2) is 10.4. The van der Waals surface area contributed by atoms with Gasteiger partial charge in [0.15, 0.2) is 5.82 Å². The molecule has 0 saturated heterocycles. The Kier molecular flexibility index (Phi) is 7.06. The molecule has 3 heterocycles. The molecule has 0 fully saturated rings. The summed E-state index contributed by atoms with van der Waals surface area (Å²) in [6, 6.07) is 12.1. The van der Waals surface area contributed by atoms with Crippen LogP contribution in [0.4, 0.5) is 23.4 Å². The molecule has 1 aliphatic rings. The van der Waals surface area contributed by atoms with Gasteiger partial charge in [-0.25, -0.2) is 4.39 Å². The molecule has 0 atom stereocenters. The molecule has 0 spiro atoms. The van der Waals surface area contributed by atoms with Crippen molar-refractivity contribution in [3.05, 3.63) is 99.9 Å². The Morgan fingerprint density at radius 1 is 1.05 bits per heavy atom. The zero-order valence-electron chi connectivity index (χ0n) is 20.8. The van der Waals surface area contributed by atoms with E-state index >= 15 is 4.39 Å². The van der Waals surface area contributed by atoms with Crippen molar-refractivity contribution in [2.45, 2.75) is 19.1 Å². The van der Waals surface area contributed by atoms with E-state index in [1.165, 1.54) is 52.5 Å². The average Bonchev–Trinajstić information content (AvgIpc) is 2.92. The van der Waals surface area contributed by atoms with Crippen LogP contribution >= 0.6 is 0 Å². The highest BCUT2D eigenvalue weighted by molar-refractivity contribution is 7.90. The maximum absolute atomic E-state index is 15.4. The van der Waals surface area contributed by atoms with Crippen LogP contribution in [0.3, 0.4) is 0 Å². The molecule has 5 rings (SSSR count). The highest BCUT2D eigenvalue weighted by Crippen LogP contribution is 2.36. The summed E-state index contributed by atoms with van der Waals surface area (Å²) < 4.78 is 90.3. The lowest BCUT2D eigenvalue weighted by Gasteiger charge is -2.30. The van der Waals surface area contributed by atoms with Crippen molar-refractivity contribution in [3.8, 4) is 22.6 Å². The first-order valence-electron chi connectivity index (χ1n) is 11.8. The molecule has 0 saturated carbocycles. The molecular weight excluding hydrogens is 554 g/mol. The van der Waals surface area contributed by atoms with Gasteiger partial charge in [0.2, 0.25) is 0 Å². The molecule has 40 heavy (non-hydrogen) atoms. The van der Waals surface area contributed by atoms with Gasteiger partial charge < -0.3 is 4.74 Å². The Morgan fingerprint density at radius 2 is 1.80 bits per heavy atom. The van der Waals surface area contributed by atoms with Crippen LogP contribution < -0.4 is 15.0 Å². The van der Waals surface area contributed by atoms with E-state index in [4.69, 9.17) is 4.74 Å². The molecule has 0 radical (unpaired) electrons. The van der Waals surface area contributed by atoms with Crippen LogP contribution in [0.2, 0.25) is 0 Å². The first-order chi connectivity index (χ1) is 19.0. The fourth-order valence-corrected chi connectivity index (χ4v) is 5.64. The zero-order chi connectivity index (χ0) is 28.7. The van der Waals surface area contributed by atoms with Crippen molar-refractivity contribution in [1.29, 1.82) is 0 Å². The van der Waals surface area contributed by atoms with Crippen molar-refractivity contribution >= 4 is 16.0 Å². The minimum atomic E-state index is -4.53. The molecule has 0 aliphatic carbocycles. The van der Waals surface area contributed by atoms with Gasteiger partial charge in [-0.15, -0.1) is 5.10 Å². The van der Waals surface area contributed by atoms with E-state index in [0.29, 0.717) is 11.3 Å². The van der Waals surface area contributed by atoms with E-state index in [1.54, 1.807) is 0 Å².